The molecule has 0 N–H and O–H groups in total. The van der Waals surface area contributed by atoms with Crippen LogP contribution in [-0.2, 0) is 7.05 Å². The van der Waals surface area contributed by atoms with E-state index in [2.05, 4.69) is 5.10 Å². The van der Waals surface area contributed by atoms with E-state index in [1.54, 1.807) is 25.3 Å². The van der Waals surface area contributed by atoms with E-state index in [0.717, 1.165) is 4.68 Å². The number of ether oxygens (including phenoxy) is 2. The normalized spacial score (nSPS) is 10.2. The Kier molecular flexibility index (Phi) is 3.84. The van der Waals surface area contributed by atoms with E-state index in [4.69, 9.17) is 9.47 Å². The monoisotopic (exact) mass is 274 g/mol. The molecule has 2 rings (SSSR count). The van der Waals surface area contributed by atoms with Gasteiger partial charge in [0.1, 0.15) is 11.5 Å². The molecule has 1 aromatic heterocycles. The number of aldehydes is 1. The Morgan fingerprint density at radius 3 is 2.55 bits per heavy atom. The zero-order valence-corrected chi connectivity index (χ0v) is 11.4. The maximum atomic E-state index is 11.7. The Labute approximate surface area is 115 Å². The predicted octanol–water partition coefficient (Wildman–Crippen LogP) is 1.28. The van der Waals surface area contributed by atoms with Crippen LogP contribution in [0.25, 0.3) is 11.3 Å². The molecule has 0 bridgehead atoms. The van der Waals surface area contributed by atoms with E-state index in [1.807, 2.05) is 0 Å². The molecule has 0 atom stereocenters. The van der Waals surface area contributed by atoms with Crippen LogP contribution in [0.2, 0.25) is 0 Å². The number of nitrogens with zero attached hydrogens (tertiary/aromatic N) is 2. The minimum Gasteiger partial charge on any atom is -0.497 e. The molecule has 0 radical (unpaired) electrons. The van der Waals surface area contributed by atoms with E-state index < -0.39 is 5.56 Å². The van der Waals surface area contributed by atoms with Gasteiger partial charge in [0.05, 0.1) is 25.5 Å². The number of benzene rings is 1. The van der Waals surface area contributed by atoms with E-state index in [0.29, 0.717) is 29.0 Å². The maximum absolute atomic E-state index is 11.7. The summed E-state index contributed by atoms with van der Waals surface area (Å²) >= 11 is 0. The summed E-state index contributed by atoms with van der Waals surface area (Å²) < 4.78 is 11.5. The number of methoxy groups -OCH3 is 2. The van der Waals surface area contributed by atoms with Crippen molar-refractivity contribution in [3.63, 3.8) is 0 Å². The summed E-state index contributed by atoms with van der Waals surface area (Å²) in [7, 11) is 4.58. The van der Waals surface area contributed by atoms with Gasteiger partial charge in [-0.1, -0.05) is 0 Å². The fourth-order valence-electron chi connectivity index (χ4n) is 1.86. The predicted molar refractivity (Wildman–Crippen MR) is 73.4 cm³/mol. The van der Waals surface area contributed by atoms with Gasteiger partial charge in [0, 0.05) is 18.7 Å². The lowest BCUT2D eigenvalue weighted by molar-refractivity contribution is 0.112. The standard InChI is InChI=1S/C14H14N2O4/c1-16-14(18)9(8-17)6-12(15-16)11-5-4-10(19-2)7-13(11)20-3/h4-8H,1-3H3. The molecule has 6 heteroatoms. The van der Waals surface area contributed by atoms with Crippen molar-refractivity contribution >= 4 is 6.29 Å². The molecule has 0 fully saturated rings. The topological polar surface area (TPSA) is 70.4 Å². The van der Waals surface area contributed by atoms with E-state index in [1.165, 1.54) is 20.2 Å². The SMILES string of the molecule is COc1ccc(-c2cc(C=O)c(=O)n(C)n2)c(OC)c1. The number of carbonyl (C=O) groups excluding carboxylic acids is 1. The number of aromatic nitrogens is 2. The summed E-state index contributed by atoms with van der Waals surface area (Å²) in [4.78, 5) is 22.6. The van der Waals surface area contributed by atoms with E-state index in [-0.39, 0.29) is 5.56 Å². The molecule has 1 heterocycles. The van der Waals surface area contributed by atoms with Gasteiger partial charge in [0.2, 0.25) is 0 Å². The van der Waals surface area contributed by atoms with Crippen LogP contribution in [0.1, 0.15) is 10.4 Å². The second kappa shape index (κ2) is 5.56. The highest BCUT2D eigenvalue weighted by Crippen LogP contribution is 2.31. The molecule has 2 aromatic rings. The molecular weight excluding hydrogens is 260 g/mol. The first kappa shape index (κ1) is 13.8. The van der Waals surface area contributed by atoms with Gasteiger partial charge in [-0.2, -0.15) is 5.10 Å². The van der Waals surface area contributed by atoms with Gasteiger partial charge < -0.3 is 9.47 Å². The van der Waals surface area contributed by atoms with Gasteiger partial charge in [-0.3, -0.25) is 9.59 Å². The third-order valence-electron chi connectivity index (χ3n) is 2.90. The lowest BCUT2D eigenvalue weighted by atomic mass is 10.1. The molecular formula is C14H14N2O4. The van der Waals surface area contributed by atoms with Crippen LogP contribution in [0.15, 0.2) is 29.1 Å². The molecule has 1 aromatic carbocycles. The Bertz CT molecular complexity index is 707. The van der Waals surface area contributed by atoms with Crippen LogP contribution in [-0.4, -0.2) is 30.3 Å². The van der Waals surface area contributed by atoms with Gasteiger partial charge in [-0.25, -0.2) is 4.68 Å². The van der Waals surface area contributed by atoms with Crippen molar-refractivity contribution in [2.24, 2.45) is 7.05 Å². The molecule has 0 aliphatic heterocycles. The first-order valence-electron chi connectivity index (χ1n) is 5.86. The molecule has 104 valence electrons. The fraction of sp³-hybridized carbons (Fsp3) is 0.214. The Hall–Kier alpha value is -2.63. The van der Waals surface area contributed by atoms with Crippen LogP contribution < -0.4 is 15.0 Å². The molecule has 6 nitrogen and oxygen atoms in total. The fourth-order valence-corrected chi connectivity index (χ4v) is 1.86. The quantitative estimate of drug-likeness (QED) is 0.785. The zero-order valence-electron chi connectivity index (χ0n) is 11.4. The summed E-state index contributed by atoms with van der Waals surface area (Å²) in [5, 5.41) is 4.14. The smallest absolute Gasteiger partial charge is 0.277 e. The third-order valence-corrected chi connectivity index (χ3v) is 2.90. The van der Waals surface area contributed by atoms with Crippen molar-refractivity contribution in [1.82, 2.24) is 9.78 Å². The number of rotatable bonds is 4. The lowest BCUT2D eigenvalue weighted by Gasteiger charge is -2.11. The van der Waals surface area contributed by atoms with Crippen LogP contribution in [0.5, 0.6) is 11.5 Å². The largest absolute Gasteiger partial charge is 0.497 e. The van der Waals surface area contributed by atoms with Crippen molar-refractivity contribution in [1.29, 1.82) is 0 Å². The van der Waals surface area contributed by atoms with Gasteiger partial charge in [0.15, 0.2) is 6.29 Å². The third kappa shape index (κ3) is 2.40. The highest BCUT2D eigenvalue weighted by atomic mass is 16.5. The number of carbonyl (C=O) groups is 1. The van der Waals surface area contributed by atoms with Crippen molar-refractivity contribution in [2.75, 3.05) is 14.2 Å². The zero-order chi connectivity index (χ0) is 14.7. The minimum absolute atomic E-state index is 0.0513. The summed E-state index contributed by atoms with van der Waals surface area (Å²) in [5.74, 6) is 1.19. The minimum atomic E-state index is -0.434. The van der Waals surface area contributed by atoms with Gasteiger partial charge in [-0.05, 0) is 18.2 Å². The van der Waals surface area contributed by atoms with Gasteiger partial charge >= 0.3 is 0 Å². The van der Waals surface area contributed by atoms with Crippen LogP contribution in [0.4, 0.5) is 0 Å². The molecule has 0 aliphatic rings. The molecule has 0 amide bonds. The van der Waals surface area contributed by atoms with Gasteiger partial charge in [-0.15, -0.1) is 0 Å². The number of hydrogen-bond acceptors (Lipinski definition) is 5. The maximum Gasteiger partial charge on any atom is 0.277 e. The van der Waals surface area contributed by atoms with Crippen LogP contribution in [0.3, 0.4) is 0 Å². The Morgan fingerprint density at radius 2 is 1.95 bits per heavy atom. The lowest BCUT2D eigenvalue weighted by Crippen LogP contribution is -2.23. The summed E-state index contributed by atoms with van der Waals surface area (Å²) in [6.45, 7) is 0. The molecule has 0 saturated heterocycles. The highest BCUT2D eigenvalue weighted by Gasteiger charge is 2.12. The Balaban J connectivity index is 2.65. The van der Waals surface area contributed by atoms with Crippen LogP contribution in [0, 0.1) is 0 Å². The summed E-state index contributed by atoms with van der Waals surface area (Å²) in [5.41, 5.74) is 0.771. The molecule has 20 heavy (non-hydrogen) atoms. The highest BCUT2D eigenvalue weighted by molar-refractivity contribution is 5.78. The molecule has 0 saturated carbocycles. The second-order valence-corrected chi connectivity index (χ2v) is 4.10. The van der Waals surface area contributed by atoms with E-state index in [9.17, 15) is 9.59 Å². The average Bonchev–Trinajstić information content (AvgIpc) is 2.49. The Morgan fingerprint density at radius 1 is 1.20 bits per heavy atom. The van der Waals surface area contributed by atoms with E-state index >= 15 is 0 Å². The first-order chi connectivity index (χ1) is 9.60. The summed E-state index contributed by atoms with van der Waals surface area (Å²) in [6.07, 6.45) is 0.517. The second-order valence-electron chi connectivity index (χ2n) is 4.10. The van der Waals surface area contributed by atoms with Crippen molar-refractivity contribution in [3.05, 3.63) is 40.2 Å². The summed E-state index contributed by atoms with van der Waals surface area (Å²) in [6, 6.07) is 6.67. The van der Waals surface area contributed by atoms with Crippen molar-refractivity contribution in [2.45, 2.75) is 0 Å². The van der Waals surface area contributed by atoms with Gasteiger partial charge in [0.25, 0.3) is 5.56 Å². The number of aryl methyl sites for hydroxylation is 1. The first-order valence-corrected chi connectivity index (χ1v) is 5.86. The van der Waals surface area contributed by atoms with Crippen molar-refractivity contribution in [3.8, 4) is 22.8 Å². The molecule has 0 aliphatic carbocycles. The molecule has 0 unspecified atom stereocenters. The van der Waals surface area contributed by atoms with Crippen LogP contribution >= 0.6 is 0 Å². The average molecular weight is 274 g/mol. The molecule has 0 spiro atoms. The van der Waals surface area contributed by atoms with Crippen molar-refractivity contribution < 1.29 is 14.3 Å². The number of hydrogen-bond donors (Lipinski definition) is 0.